The van der Waals surface area contributed by atoms with E-state index in [2.05, 4.69) is 38.1 Å². The minimum Gasteiger partial charge on any atom is -0.383 e. The lowest BCUT2D eigenvalue weighted by Gasteiger charge is -2.07. The van der Waals surface area contributed by atoms with Crippen molar-refractivity contribution in [1.29, 1.82) is 0 Å². The van der Waals surface area contributed by atoms with Gasteiger partial charge < -0.3 is 5.73 Å². The molecular weight excluding hydrogens is 364 g/mol. The number of aromatic nitrogens is 3. The van der Waals surface area contributed by atoms with Crippen LogP contribution in [0.15, 0.2) is 65.3 Å². The van der Waals surface area contributed by atoms with Crippen molar-refractivity contribution >= 4 is 27.4 Å². The van der Waals surface area contributed by atoms with Crippen molar-refractivity contribution in [2.75, 3.05) is 5.73 Å². The second-order valence-corrected chi connectivity index (χ2v) is 6.54. The fourth-order valence-corrected chi connectivity index (χ4v) is 3.17. The molecule has 4 nitrogen and oxygen atoms in total. The number of hydrogen-bond donors (Lipinski definition) is 1. The number of rotatable bonds is 2. The minimum absolute atomic E-state index is 0.595. The van der Waals surface area contributed by atoms with Crippen molar-refractivity contribution in [2.45, 2.75) is 6.92 Å². The topological polar surface area (TPSA) is 56.2 Å². The Morgan fingerprint density at radius 1 is 0.958 bits per heavy atom. The van der Waals surface area contributed by atoms with Crippen LogP contribution >= 0.6 is 15.9 Å². The van der Waals surface area contributed by atoms with Gasteiger partial charge in [-0.05, 0) is 30.2 Å². The van der Waals surface area contributed by atoms with Crippen LogP contribution in [0.3, 0.4) is 0 Å². The summed E-state index contributed by atoms with van der Waals surface area (Å²) < 4.78 is 2.77. The van der Waals surface area contributed by atoms with Crippen molar-refractivity contribution < 1.29 is 0 Å². The number of fused-ring (bicyclic) bond motifs is 1. The summed E-state index contributed by atoms with van der Waals surface area (Å²) in [6, 6.07) is 18.1. The molecule has 0 bridgehead atoms. The van der Waals surface area contributed by atoms with Gasteiger partial charge in [-0.1, -0.05) is 58.4 Å². The van der Waals surface area contributed by atoms with Crippen LogP contribution in [0.25, 0.3) is 27.9 Å². The molecule has 0 atom stereocenters. The SMILES string of the molecule is Cc1nn2c(N)c(-c3ccccc3)cnc2c1-c1ccc(Br)cc1. The van der Waals surface area contributed by atoms with Crippen LogP contribution in [0.1, 0.15) is 5.69 Å². The molecule has 2 heterocycles. The largest absolute Gasteiger partial charge is 0.383 e. The van der Waals surface area contributed by atoms with Gasteiger partial charge >= 0.3 is 0 Å². The number of anilines is 1. The molecule has 0 aliphatic carbocycles. The molecule has 4 aromatic rings. The number of aryl methyl sites for hydroxylation is 1. The highest BCUT2D eigenvalue weighted by Crippen LogP contribution is 2.32. The Bertz CT molecular complexity index is 1020. The molecule has 2 N–H and O–H groups in total. The molecule has 0 radical (unpaired) electrons. The second-order valence-electron chi connectivity index (χ2n) is 5.63. The van der Waals surface area contributed by atoms with Gasteiger partial charge in [0.2, 0.25) is 0 Å². The summed E-state index contributed by atoms with van der Waals surface area (Å²) in [4.78, 5) is 4.65. The molecule has 0 saturated heterocycles. The molecule has 24 heavy (non-hydrogen) atoms. The Balaban J connectivity index is 1.94. The normalized spacial score (nSPS) is 11.1. The van der Waals surface area contributed by atoms with Gasteiger partial charge in [-0.15, -0.1) is 0 Å². The molecule has 0 aliphatic rings. The van der Waals surface area contributed by atoms with E-state index in [1.54, 1.807) is 4.52 Å². The lowest BCUT2D eigenvalue weighted by Crippen LogP contribution is -2.02. The highest BCUT2D eigenvalue weighted by atomic mass is 79.9. The summed E-state index contributed by atoms with van der Waals surface area (Å²) in [6.45, 7) is 1.98. The third-order valence-electron chi connectivity index (χ3n) is 4.07. The Hall–Kier alpha value is -2.66. The molecule has 2 aromatic carbocycles. The summed E-state index contributed by atoms with van der Waals surface area (Å²) in [5.74, 6) is 0.595. The van der Waals surface area contributed by atoms with E-state index < -0.39 is 0 Å². The van der Waals surface area contributed by atoms with E-state index in [9.17, 15) is 0 Å². The smallest absolute Gasteiger partial charge is 0.165 e. The van der Waals surface area contributed by atoms with Crippen LogP contribution in [0, 0.1) is 6.92 Å². The van der Waals surface area contributed by atoms with Crippen molar-refractivity contribution in [3.63, 3.8) is 0 Å². The Kier molecular flexibility index (Phi) is 3.58. The van der Waals surface area contributed by atoms with E-state index in [-0.39, 0.29) is 0 Å². The number of nitrogens with zero attached hydrogens (tertiary/aromatic N) is 3. The van der Waals surface area contributed by atoms with E-state index in [1.165, 1.54) is 0 Å². The predicted octanol–water partition coefficient (Wildman–Crippen LogP) is 4.72. The van der Waals surface area contributed by atoms with Gasteiger partial charge in [-0.25, -0.2) is 4.98 Å². The Morgan fingerprint density at radius 2 is 1.67 bits per heavy atom. The lowest BCUT2D eigenvalue weighted by atomic mass is 10.1. The molecule has 5 heteroatoms. The van der Waals surface area contributed by atoms with E-state index in [0.29, 0.717) is 5.82 Å². The summed E-state index contributed by atoms with van der Waals surface area (Å²) >= 11 is 3.47. The molecule has 4 rings (SSSR count). The summed E-state index contributed by atoms with van der Waals surface area (Å²) in [7, 11) is 0. The molecule has 0 unspecified atom stereocenters. The average Bonchev–Trinajstić information content (AvgIpc) is 2.94. The number of nitrogen functional groups attached to an aromatic ring is 1. The van der Waals surface area contributed by atoms with Gasteiger partial charge in [0.15, 0.2) is 5.65 Å². The van der Waals surface area contributed by atoms with Crippen LogP contribution < -0.4 is 5.73 Å². The lowest BCUT2D eigenvalue weighted by molar-refractivity contribution is 0.930. The Labute approximate surface area is 148 Å². The van der Waals surface area contributed by atoms with Gasteiger partial charge in [0.05, 0.1) is 5.69 Å². The fraction of sp³-hybridized carbons (Fsp3) is 0.0526. The fourth-order valence-electron chi connectivity index (χ4n) is 2.90. The quantitative estimate of drug-likeness (QED) is 0.549. The highest BCUT2D eigenvalue weighted by Gasteiger charge is 2.16. The summed E-state index contributed by atoms with van der Waals surface area (Å²) in [6.07, 6.45) is 1.82. The first kappa shape index (κ1) is 14.9. The standard InChI is InChI=1S/C19H15BrN4/c1-12-17(14-7-9-15(20)10-8-14)19-22-11-16(18(21)24(19)23-12)13-5-3-2-4-6-13/h2-11H,21H2,1H3. The van der Waals surface area contributed by atoms with E-state index in [0.717, 1.165) is 38.1 Å². The van der Waals surface area contributed by atoms with Gasteiger partial charge in [0.25, 0.3) is 0 Å². The van der Waals surface area contributed by atoms with Crippen molar-refractivity contribution in [2.24, 2.45) is 0 Å². The minimum atomic E-state index is 0.595. The molecule has 0 spiro atoms. The van der Waals surface area contributed by atoms with E-state index in [1.807, 2.05) is 55.6 Å². The van der Waals surface area contributed by atoms with Gasteiger partial charge in [-0.3, -0.25) is 0 Å². The number of benzene rings is 2. The first-order valence-corrected chi connectivity index (χ1v) is 8.39. The number of nitrogens with two attached hydrogens (primary N) is 1. The molecule has 0 fully saturated rings. The van der Waals surface area contributed by atoms with E-state index >= 15 is 0 Å². The van der Waals surface area contributed by atoms with Crippen LogP contribution in [-0.4, -0.2) is 14.6 Å². The maximum Gasteiger partial charge on any atom is 0.165 e. The first-order valence-electron chi connectivity index (χ1n) is 7.60. The zero-order valence-corrected chi connectivity index (χ0v) is 14.7. The monoisotopic (exact) mass is 378 g/mol. The second kappa shape index (κ2) is 5.76. The average molecular weight is 379 g/mol. The summed E-state index contributed by atoms with van der Waals surface area (Å²) in [5.41, 5.74) is 12.1. The maximum absolute atomic E-state index is 6.39. The maximum atomic E-state index is 6.39. The number of hydrogen-bond acceptors (Lipinski definition) is 3. The predicted molar refractivity (Wildman–Crippen MR) is 101 cm³/mol. The van der Waals surface area contributed by atoms with Gasteiger partial charge in [-0.2, -0.15) is 9.61 Å². The van der Waals surface area contributed by atoms with Crippen LogP contribution in [-0.2, 0) is 0 Å². The van der Waals surface area contributed by atoms with Crippen molar-refractivity contribution in [3.05, 3.63) is 71.0 Å². The third-order valence-corrected chi connectivity index (χ3v) is 4.60. The molecule has 0 aliphatic heterocycles. The van der Waals surface area contributed by atoms with Crippen molar-refractivity contribution in [1.82, 2.24) is 14.6 Å². The van der Waals surface area contributed by atoms with Crippen LogP contribution in [0.5, 0.6) is 0 Å². The third kappa shape index (κ3) is 2.37. The van der Waals surface area contributed by atoms with Crippen molar-refractivity contribution in [3.8, 4) is 22.3 Å². The van der Waals surface area contributed by atoms with E-state index in [4.69, 9.17) is 5.73 Å². The van der Waals surface area contributed by atoms with Gasteiger partial charge in [0.1, 0.15) is 5.82 Å². The Morgan fingerprint density at radius 3 is 2.38 bits per heavy atom. The number of halogens is 1. The molecular formula is C19H15BrN4. The van der Waals surface area contributed by atoms with Crippen LogP contribution in [0.2, 0.25) is 0 Å². The van der Waals surface area contributed by atoms with Crippen LogP contribution in [0.4, 0.5) is 5.82 Å². The first-order chi connectivity index (χ1) is 11.6. The molecule has 118 valence electrons. The molecule has 0 amide bonds. The molecule has 0 saturated carbocycles. The highest BCUT2D eigenvalue weighted by molar-refractivity contribution is 9.10. The zero-order chi connectivity index (χ0) is 16.7. The van der Waals surface area contributed by atoms with Gasteiger partial charge in [0, 0.05) is 21.8 Å². The molecule has 2 aromatic heterocycles. The zero-order valence-electron chi connectivity index (χ0n) is 13.1. The summed E-state index contributed by atoms with van der Waals surface area (Å²) in [5, 5.41) is 4.62.